The maximum Gasteiger partial charge on any atom is 0.328 e. The topological polar surface area (TPSA) is 98.7 Å². The quantitative estimate of drug-likeness (QED) is 0.531. The zero-order valence-corrected chi connectivity index (χ0v) is 10.7. The Morgan fingerprint density at radius 3 is 2.39 bits per heavy atom. The van der Waals surface area contributed by atoms with Crippen LogP contribution in [0.15, 0.2) is 0 Å². The molecule has 0 heterocycles. The standard InChI is InChI=1S/C12H22N2O4/c1-8(13-9-5-3-2-4-6-9)11(16)14-10(7-15)12(17)18/h8-10,13,15H,2-7H2,1H3,(H,14,16)(H,17,18)/t8-,10-/m0/s1. The number of aliphatic carboxylic acids is 1. The largest absolute Gasteiger partial charge is 0.480 e. The molecule has 0 aromatic rings. The lowest BCUT2D eigenvalue weighted by Crippen LogP contribution is -2.52. The van der Waals surface area contributed by atoms with Crippen molar-refractivity contribution in [3.8, 4) is 0 Å². The second-order valence-electron chi connectivity index (χ2n) is 4.81. The van der Waals surface area contributed by atoms with E-state index in [1.165, 1.54) is 19.3 Å². The van der Waals surface area contributed by atoms with Crippen LogP contribution in [0.1, 0.15) is 39.0 Å². The summed E-state index contributed by atoms with van der Waals surface area (Å²) in [7, 11) is 0. The van der Waals surface area contributed by atoms with Crippen molar-refractivity contribution in [2.75, 3.05) is 6.61 Å². The molecular weight excluding hydrogens is 236 g/mol. The average Bonchev–Trinajstić information content (AvgIpc) is 2.36. The van der Waals surface area contributed by atoms with Gasteiger partial charge in [0.15, 0.2) is 0 Å². The summed E-state index contributed by atoms with van der Waals surface area (Å²) in [5.74, 6) is -1.61. The summed E-state index contributed by atoms with van der Waals surface area (Å²) in [6, 6.07) is -1.34. The van der Waals surface area contributed by atoms with Gasteiger partial charge >= 0.3 is 5.97 Å². The first kappa shape index (κ1) is 14.9. The lowest BCUT2D eigenvalue weighted by molar-refractivity contribution is -0.143. The summed E-state index contributed by atoms with van der Waals surface area (Å²) >= 11 is 0. The van der Waals surface area contributed by atoms with Gasteiger partial charge in [0.1, 0.15) is 6.04 Å². The molecule has 104 valence electrons. The molecule has 2 atom stereocenters. The fraction of sp³-hybridized carbons (Fsp3) is 0.833. The van der Waals surface area contributed by atoms with Gasteiger partial charge in [-0.2, -0.15) is 0 Å². The third kappa shape index (κ3) is 4.62. The zero-order chi connectivity index (χ0) is 13.5. The first-order chi connectivity index (χ1) is 8.54. The number of rotatable bonds is 6. The highest BCUT2D eigenvalue weighted by Gasteiger charge is 2.24. The molecule has 1 aliphatic rings. The van der Waals surface area contributed by atoms with Crippen LogP contribution in [0.25, 0.3) is 0 Å². The van der Waals surface area contributed by atoms with E-state index in [2.05, 4.69) is 10.6 Å². The van der Waals surface area contributed by atoms with Gasteiger partial charge in [-0.3, -0.25) is 4.79 Å². The Balaban J connectivity index is 2.37. The van der Waals surface area contributed by atoms with E-state index < -0.39 is 24.7 Å². The molecule has 6 heteroatoms. The normalized spacial score (nSPS) is 20.1. The number of carbonyl (C=O) groups excluding carboxylic acids is 1. The van der Waals surface area contributed by atoms with Crippen LogP contribution in [-0.2, 0) is 9.59 Å². The summed E-state index contributed by atoms with van der Waals surface area (Å²) in [5, 5.41) is 23.1. The van der Waals surface area contributed by atoms with Gasteiger partial charge in [-0.05, 0) is 19.8 Å². The maximum atomic E-state index is 11.7. The zero-order valence-electron chi connectivity index (χ0n) is 10.7. The van der Waals surface area contributed by atoms with Crippen molar-refractivity contribution in [2.45, 2.75) is 57.2 Å². The Kier molecular flexibility index (Phi) is 6.07. The highest BCUT2D eigenvalue weighted by atomic mass is 16.4. The number of carboxylic acid groups (broad SMARTS) is 1. The molecule has 0 saturated heterocycles. The second kappa shape index (κ2) is 7.33. The molecule has 1 aliphatic carbocycles. The molecule has 0 unspecified atom stereocenters. The minimum absolute atomic E-state index is 0.330. The van der Waals surface area contributed by atoms with E-state index in [0.717, 1.165) is 12.8 Å². The van der Waals surface area contributed by atoms with Gasteiger partial charge in [-0.15, -0.1) is 0 Å². The van der Waals surface area contributed by atoms with Crippen molar-refractivity contribution in [1.82, 2.24) is 10.6 Å². The molecule has 1 rings (SSSR count). The molecule has 6 nitrogen and oxygen atoms in total. The molecule has 1 saturated carbocycles. The third-order valence-electron chi connectivity index (χ3n) is 3.28. The summed E-state index contributed by atoms with van der Waals surface area (Å²) < 4.78 is 0. The van der Waals surface area contributed by atoms with Gasteiger partial charge in [-0.1, -0.05) is 19.3 Å². The van der Waals surface area contributed by atoms with Crippen molar-refractivity contribution in [3.05, 3.63) is 0 Å². The molecule has 1 amide bonds. The van der Waals surface area contributed by atoms with Crippen LogP contribution in [-0.4, -0.2) is 46.8 Å². The lowest BCUT2D eigenvalue weighted by atomic mass is 9.95. The van der Waals surface area contributed by atoms with E-state index in [-0.39, 0.29) is 5.91 Å². The Morgan fingerprint density at radius 1 is 1.28 bits per heavy atom. The SMILES string of the molecule is C[C@H](NC1CCCCC1)C(=O)N[C@@H](CO)C(=O)O. The molecular formula is C12H22N2O4. The Morgan fingerprint density at radius 2 is 1.89 bits per heavy atom. The molecule has 0 aliphatic heterocycles. The monoisotopic (exact) mass is 258 g/mol. The highest BCUT2D eigenvalue weighted by Crippen LogP contribution is 2.17. The average molecular weight is 258 g/mol. The molecule has 4 N–H and O–H groups in total. The highest BCUT2D eigenvalue weighted by molar-refractivity contribution is 5.86. The van der Waals surface area contributed by atoms with Gasteiger partial charge in [0.2, 0.25) is 5.91 Å². The van der Waals surface area contributed by atoms with Gasteiger partial charge in [0.25, 0.3) is 0 Å². The van der Waals surface area contributed by atoms with E-state index in [9.17, 15) is 9.59 Å². The van der Waals surface area contributed by atoms with Crippen LogP contribution < -0.4 is 10.6 Å². The number of aliphatic hydroxyl groups excluding tert-OH is 1. The van der Waals surface area contributed by atoms with Crippen LogP contribution in [0, 0.1) is 0 Å². The minimum Gasteiger partial charge on any atom is -0.480 e. The van der Waals surface area contributed by atoms with Crippen LogP contribution >= 0.6 is 0 Å². The molecule has 0 spiro atoms. The van der Waals surface area contributed by atoms with E-state index in [0.29, 0.717) is 6.04 Å². The number of amides is 1. The van der Waals surface area contributed by atoms with Crippen molar-refractivity contribution in [3.63, 3.8) is 0 Å². The Hall–Kier alpha value is -1.14. The van der Waals surface area contributed by atoms with Crippen molar-refractivity contribution >= 4 is 11.9 Å². The van der Waals surface area contributed by atoms with Crippen LogP contribution in [0.4, 0.5) is 0 Å². The molecule has 18 heavy (non-hydrogen) atoms. The summed E-state index contributed by atoms with van der Waals surface area (Å²) in [6.07, 6.45) is 5.69. The number of carboxylic acids is 1. The lowest BCUT2D eigenvalue weighted by Gasteiger charge is -2.26. The molecule has 0 bridgehead atoms. The number of nitrogens with one attached hydrogen (secondary N) is 2. The van der Waals surface area contributed by atoms with E-state index in [1.54, 1.807) is 6.92 Å². The van der Waals surface area contributed by atoms with Crippen molar-refractivity contribution in [1.29, 1.82) is 0 Å². The molecule has 0 aromatic carbocycles. The number of aliphatic hydroxyl groups is 1. The third-order valence-corrected chi connectivity index (χ3v) is 3.28. The van der Waals surface area contributed by atoms with Crippen LogP contribution in [0.2, 0.25) is 0 Å². The first-order valence-electron chi connectivity index (χ1n) is 6.44. The smallest absolute Gasteiger partial charge is 0.328 e. The van der Waals surface area contributed by atoms with Crippen molar-refractivity contribution in [2.24, 2.45) is 0 Å². The fourth-order valence-electron chi connectivity index (χ4n) is 2.18. The van der Waals surface area contributed by atoms with E-state index in [1.807, 2.05) is 0 Å². The summed E-state index contributed by atoms with van der Waals surface area (Å²) in [4.78, 5) is 22.4. The van der Waals surface area contributed by atoms with Crippen LogP contribution in [0.3, 0.4) is 0 Å². The van der Waals surface area contributed by atoms with Gasteiger partial charge in [0, 0.05) is 6.04 Å². The van der Waals surface area contributed by atoms with E-state index >= 15 is 0 Å². The molecule has 1 fully saturated rings. The Labute approximate surface area is 107 Å². The summed E-state index contributed by atoms with van der Waals surface area (Å²) in [6.45, 7) is 1.11. The molecule has 0 aromatic heterocycles. The van der Waals surface area contributed by atoms with Gasteiger partial charge in [-0.25, -0.2) is 4.79 Å². The predicted octanol–water partition coefficient (Wildman–Crippen LogP) is -0.141. The summed E-state index contributed by atoms with van der Waals surface area (Å²) in [5.41, 5.74) is 0. The molecule has 0 radical (unpaired) electrons. The second-order valence-corrected chi connectivity index (χ2v) is 4.81. The number of hydrogen-bond acceptors (Lipinski definition) is 4. The minimum atomic E-state index is -1.23. The number of hydrogen-bond donors (Lipinski definition) is 4. The van der Waals surface area contributed by atoms with Gasteiger partial charge < -0.3 is 20.8 Å². The van der Waals surface area contributed by atoms with Crippen molar-refractivity contribution < 1.29 is 19.8 Å². The number of carbonyl (C=O) groups is 2. The van der Waals surface area contributed by atoms with E-state index in [4.69, 9.17) is 10.2 Å². The predicted molar refractivity (Wildman–Crippen MR) is 66.1 cm³/mol. The fourth-order valence-corrected chi connectivity index (χ4v) is 2.18. The Bertz CT molecular complexity index is 290. The van der Waals surface area contributed by atoms with Gasteiger partial charge in [0.05, 0.1) is 12.6 Å². The first-order valence-corrected chi connectivity index (χ1v) is 6.44. The maximum absolute atomic E-state index is 11.7. The van der Waals surface area contributed by atoms with Crippen LogP contribution in [0.5, 0.6) is 0 Å².